The highest BCUT2D eigenvalue weighted by molar-refractivity contribution is 6.63. The largest absolute Gasteiger partial charge is 0.508 e. The van der Waals surface area contributed by atoms with Gasteiger partial charge in [-0.25, -0.2) is 0 Å². The Hall–Kier alpha value is -3.74. The number of phenols is 1. The number of hydrogen-bond acceptors (Lipinski definition) is 11. The van der Waals surface area contributed by atoms with E-state index in [1.165, 1.54) is 31.1 Å². The number of ether oxygens (including phenoxy) is 1. The van der Waals surface area contributed by atoms with Gasteiger partial charge in [0, 0.05) is 24.3 Å². The lowest BCUT2D eigenvalue weighted by molar-refractivity contribution is -0.185. The standard InChI is InChI=1S/C28H31ClN2O10/c1-11-12-7-6-8-13(32)17(12)22(35)18-16(11)24(41-15(34)10-5-4-9-14(29)33)20-21(31(2)3)23(36)19(27(30)39)26(38)28(20,40)25(18)37/h6-8,11,16,20-21,24,32,35,38,40H,4-5,9-10H2,1-3H3,(H2,30,39)/t11-,16+,20+,21-,24-,28-/m1/s1. The second-order valence-corrected chi connectivity index (χ2v) is 11.2. The molecule has 6 atom stereocenters. The molecule has 0 heterocycles. The van der Waals surface area contributed by atoms with E-state index in [-0.39, 0.29) is 37.0 Å². The van der Waals surface area contributed by atoms with Gasteiger partial charge in [-0.2, -0.15) is 0 Å². The molecule has 1 saturated carbocycles. The number of primary amides is 1. The smallest absolute Gasteiger partial charge is 0.306 e. The van der Waals surface area contributed by atoms with E-state index in [0.29, 0.717) is 5.56 Å². The first kappa shape index (κ1) is 30.2. The summed E-state index contributed by atoms with van der Waals surface area (Å²) in [6.07, 6.45) is -1.14. The molecule has 0 unspecified atom stereocenters. The van der Waals surface area contributed by atoms with Gasteiger partial charge in [-0.15, -0.1) is 0 Å². The van der Waals surface area contributed by atoms with Crippen LogP contribution in [0.25, 0.3) is 5.76 Å². The molecule has 13 heteroatoms. The van der Waals surface area contributed by atoms with E-state index < -0.39 is 86.9 Å². The molecule has 0 bridgehead atoms. The molecule has 1 amide bonds. The topological polar surface area (TPSA) is 205 Å². The third kappa shape index (κ3) is 4.69. The fourth-order valence-corrected chi connectivity index (χ4v) is 6.57. The lowest BCUT2D eigenvalue weighted by Gasteiger charge is -2.54. The number of Topliss-reactive ketones (excluding diaryl/α,β-unsaturated/α-hetero) is 2. The summed E-state index contributed by atoms with van der Waals surface area (Å²) in [4.78, 5) is 65.4. The monoisotopic (exact) mass is 590 g/mol. The van der Waals surface area contributed by atoms with Gasteiger partial charge in [0.15, 0.2) is 11.4 Å². The highest BCUT2D eigenvalue weighted by Crippen LogP contribution is 2.56. The number of esters is 1. The Morgan fingerprint density at radius 1 is 1.10 bits per heavy atom. The number of likely N-dealkylation sites (N-methyl/N-ethyl adjacent to an activating group) is 1. The number of aliphatic hydroxyl groups is 3. The first-order chi connectivity index (χ1) is 19.2. The maximum atomic E-state index is 14.1. The fraction of sp³-hybridized carbons (Fsp3) is 0.464. The number of aliphatic hydroxyl groups excluding tert-OH is 2. The van der Waals surface area contributed by atoms with Crippen molar-refractivity contribution in [1.29, 1.82) is 0 Å². The minimum Gasteiger partial charge on any atom is -0.508 e. The van der Waals surface area contributed by atoms with Gasteiger partial charge in [-0.3, -0.25) is 28.9 Å². The molecule has 0 radical (unpaired) electrons. The van der Waals surface area contributed by atoms with Gasteiger partial charge in [-0.05, 0) is 56.1 Å². The summed E-state index contributed by atoms with van der Waals surface area (Å²) in [5.41, 5.74) is 1.27. The third-order valence-corrected chi connectivity index (χ3v) is 8.43. The maximum absolute atomic E-state index is 14.1. The van der Waals surface area contributed by atoms with Crippen molar-refractivity contribution in [3.8, 4) is 5.75 Å². The first-order valence-corrected chi connectivity index (χ1v) is 13.4. The highest BCUT2D eigenvalue weighted by Gasteiger charge is 2.69. The molecule has 3 aliphatic carbocycles. The van der Waals surface area contributed by atoms with Crippen molar-refractivity contribution in [1.82, 2.24) is 4.90 Å². The van der Waals surface area contributed by atoms with Crippen LogP contribution in [-0.4, -0.2) is 85.9 Å². The summed E-state index contributed by atoms with van der Waals surface area (Å²) >= 11 is 5.36. The zero-order valence-corrected chi connectivity index (χ0v) is 23.3. The molecule has 3 aliphatic rings. The Kier molecular flexibility index (Phi) is 8.05. The molecule has 0 saturated heterocycles. The molecule has 0 aromatic heterocycles. The molecule has 0 spiro atoms. The average molecular weight is 591 g/mol. The number of carbonyl (C=O) groups is 5. The minimum absolute atomic E-state index is 0.0294. The third-order valence-electron chi connectivity index (χ3n) is 8.24. The Labute approximate surface area is 240 Å². The number of fused-ring (bicyclic) bond motifs is 3. The van der Waals surface area contributed by atoms with Crippen molar-refractivity contribution in [2.45, 2.75) is 56.3 Å². The average Bonchev–Trinajstić information content (AvgIpc) is 2.88. The van der Waals surface area contributed by atoms with Crippen LogP contribution in [0.4, 0.5) is 0 Å². The van der Waals surface area contributed by atoms with Crippen LogP contribution in [0.15, 0.2) is 35.1 Å². The van der Waals surface area contributed by atoms with Crippen LogP contribution in [0.2, 0.25) is 0 Å². The van der Waals surface area contributed by atoms with Gasteiger partial charge in [-0.1, -0.05) is 19.1 Å². The van der Waals surface area contributed by atoms with E-state index in [1.807, 2.05) is 0 Å². The number of hydrogen-bond donors (Lipinski definition) is 5. The molecule has 6 N–H and O–H groups in total. The summed E-state index contributed by atoms with van der Waals surface area (Å²) in [7, 11) is 2.88. The van der Waals surface area contributed by atoms with Crippen LogP contribution < -0.4 is 5.73 Å². The van der Waals surface area contributed by atoms with Gasteiger partial charge in [0.2, 0.25) is 11.0 Å². The van der Waals surface area contributed by atoms with Gasteiger partial charge >= 0.3 is 5.97 Å². The van der Waals surface area contributed by atoms with Crippen LogP contribution in [0.1, 0.15) is 49.7 Å². The SMILES string of the molecule is C[C@@H]1c2cccc(O)c2C(O)=C2C(=O)[C@@]3(O)C(O)=C(C(N)=O)C(=O)[C@H](N(C)C)[C@H]3[C@H](OC(=O)CCCCC(=O)Cl)[C@H]21. The molecule has 1 aromatic rings. The van der Waals surface area contributed by atoms with E-state index >= 15 is 0 Å². The number of amides is 1. The van der Waals surface area contributed by atoms with Crippen molar-refractivity contribution in [3.63, 3.8) is 0 Å². The molecule has 41 heavy (non-hydrogen) atoms. The molecular formula is C28H31ClN2O10. The summed E-state index contributed by atoms with van der Waals surface area (Å²) in [5.74, 6) is -10.2. The number of unbranched alkanes of at least 4 members (excludes halogenated alkanes) is 1. The molecule has 220 valence electrons. The quantitative estimate of drug-likeness (QED) is 0.126. The van der Waals surface area contributed by atoms with Crippen LogP contribution in [0.5, 0.6) is 5.75 Å². The molecule has 12 nitrogen and oxygen atoms in total. The number of phenolic OH excluding ortho intramolecular Hbond substituents is 1. The van der Waals surface area contributed by atoms with Gasteiger partial charge in [0.1, 0.15) is 28.9 Å². The Morgan fingerprint density at radius 2 is 1.73 bits per heavy atom. The molecule has 4 rings (SSSR count). The van der Waals surface area contributed by atoms with Crippen LogP contribution in [0, 0.1) is 11.8 Å². The van der Waals surface area contributed by atoms with Crippen molar-refractivity contribution < 1.29 is 49.1 Å². The minimum atomic E-state index is -3.01. The Bertz CT molecular complexity index is 1420. The predicted molar refractivity (Wildman–Crippen MR) is 144 cm³/mol. The summed E-state index contributed by atoms with van der Waals surface area (Å²) in [6, 6.07) is 2.97. The number of ketones is 2. The normalized spacial score (nSPS) is 29.2. The van der Waals surface area contributed by atoms with Crippen LogP contribution in [0.3, 0.4) is 0 Å². The number of aromatic hydroxyl groups is 1. The second kappa shape index (κ2) is 10.9. The number of rotatable bonds is 8. The lowest BCUT2D eigenvalue weighted by atomic mass is 9.54. The first-order valence-electron chi connectivity index (χ1n) is 13.0. The van der Waals surface area contributed by atoms with Crippen molar-refractivity contribution >= 4 is 46.0 Å². The fourth-order valence-electron chi connectivity index (χ4n) is 6.43. The van der Waals surface area contributed by atoms with Gasteiger partial charge in [0.05, 0.1) is 17.5 Å². The van der Waals surface area contributed by atoms with Crippen molar-refractivity contribution in [2.75, 3.05) is 14.1 Å². The van der Waals surface area contributed by atoms with E-state index in [9.17, 15) is 44.4 Å². The summed E-state index contributed by atoms with van der Waals surface area (Å²) < 4.78 is 5.88. The van der Waals surface area contributed by atoms with Crippen LogP contribution in [-0.2, 0) is 28.7 Å². The predicted octanol–water partition coefficient (Wildman–Crippen LogP) is 1.37. The molecule has 1 aromatic carbocycles. The summed E-state index contributed by atoms with van der Waals surface area (Å²) in [6.45, 7) is 1.67. The second-order valence-electron chi connectivity index (χ2n) is 10.8. The number of carbonyl (C=O) groups excluding carboxylic acids is 5. The Balaban J connectivity index is 1.95. The van der Waals surface area contributed by atoms with Crippen LogP contribution >= 0.6 is 11.6 Å². The number of nitrogens with two attached hydrogens (primary N) is 1. The number of benzene rings is 1. The molecular weight excluding hydrogens is 560 g/mol. The van der Waals surface area contributed by atoms with E-state index in [4.69, 9.17) is 22.1 Å². The van der Waals surface area contributed by atoms with E-state index in [0.717, 1.165) is 0 Å². The Morgan fingerprint density at radius 3 is 2.32 bits per heavy atom. The van der Waals surface area contributed by atoms with E-state index in [2.05, 4.69) is 0 Å². The number of nitrogens with zero attached hydrogens (tertiary/aromatic N) is 1. The zero-order chi connectivity index (χ0) is 30.5. The number of halogens is 1. The highest BCUT2D eigenvalue weighted by atomic mass is 35.5. The molecule has 1 fully saturated rings. The summed E-state index contributed by atoms with van der Waals surface area (Å²) in [5, 5.41) is 44.5. The zero-order valence-electron chi connectivity index (χ0n) is 22.6. The van der Waals surface area contributed by atoms with Crippen molar-refractivity contribution in [2.24, 2.45) is 17.6 Å². The maximum Gasteiger partial charge on any atom is 0.306 e. The van der Waals surface area contributed by atoms with Gasteiger partial charge < -0.3 is 30.9 Å². The molecule has 0 aliphatic heterocycles. The van der Waals surface area contributed by atoms with E-state index in [1.54, 1.807) is 13.0 Å². The lowest BCUT2D eigenvalue weighted by Crippen LogP contribution is -2.71. The van der Waals surface area contributed by atoms with Gasteiger partial charge in [0.25, 0.3) is 5.91 Å². The van der Waals surface area contributed by atoms with Crippen molar-refractivity contribution in [3.05, 3.63) is 46.2 Å².